The SMILES string of the molecule is Cc1cc(Cl)c(C(=O)N(C)C2CCc3ccccc32)cn1. The van der Waals surface area contributed by atoms with Crippen molar-refractivity contribution in [1.29, 1.82) is 0 Å². The van der Waals surface area contributed by atoms with E-state index in [1.807, 2.05) is 26.1 Å². The topological polar surface area (TPSA) is 33.2 Å². The Morgan fingerprint density at radius 1 is 1.38 bits per heavy atom. The van der Waals surface area contributed by atoms with Gasteiger partial charge >= 0.3 is 0 Å². The zero-order valence-electron chi connectivity index (χ0n) is 12.1. The van der Waals surface area contributed by atoms with Crippen molar-refractivity contribution in [3.05, 3.63) is 63.9 Å². The maximum atomic E-state index is 12.7. The third kappa shape index (κ3) is 2.54. The first-order valence-corrected chi connectivity index (χ1v) is 7.43. The number of benzene rings is 1. The number of hydrogen-bond acceptors (Lipinski definition) is 2. The van der Waals surface area contributed by atoms with E-state index in [2.05, 4.69) is 17.1 Å². The average Bonchev–Trinajstić information content (AvgIpc) is 2.90. The van der Waals surface area contributed by atoms with E-state index in [4.69, 9.17) is 11.6 Å². The van der Waals surface area contributed by atoms with E-state index in [0.717, 1.165) is 18.5 Å². The van der Waals surface area contributed by atoms with Crippen LogP contribution in [0.3, 0.4) is 0 Å². The molecule has 0 aliphatic heterocycles. The van der Waals surface area contributed by atoms with E-state index in [1.54, 1.807) is 17.2 Å². The Balaban J connectivity index is 1.89. The maximum Gasteiger partial charge on any atom is 0.257 e. The van der Waals surface area contributed by atoms with Crippen LogP contribution in [0.2, 0.25) is 5.02 Å². The number of aromatic nitrogens is 1. The zero-order chi connectivity index (χ0) is 15.0. The molecule has 0 bridgehead atoms. The summed E-state index contributed by atoms with van der Waals surface area (Å²) in [5.41, 5.74) is 3.85. The third-order valence-electron chi connectivity index (χ3n) is 4.11. The van der Waals surface area contributed by atoms with Gasteiger partial charge in [0, 0.05) is 18.9 Å². The molecule has 0 saturated heterocycles. The molecule has 1 aromatic heterocycles. The van der Waals surface area contributed by atoms with Gasteiger partial charge < -0.3 is 4.90 Å². The lowest BCUT2D eigenvalue weighted by atomic mass is 10.1. The Labute approximate surface area is 129 Å². The monoisotopic (exact) mass is 300 g/mol. The standard InChI is InChI=1S/C17H17ClN2O/c1-11-9-15(18)14(10-19-11)17(21)20(2)16-8-7-12-5-3-4-6-13(12)16/h3-6,9-10,16H,7-8H2,1-2H3. The van der Waals surface area contributed by atoms with Gasteiger partial charge in [-0.2, -0.15) is 0 Å². The number of nitrogens with zero attached hydrogens (tertiary/aromatic N) is 2. The van der Waals surface area contributed by atoms with Gasteiger partial charge in [-0.3, -0.25) is 9.78 Å². The second-order valence-electron chi connectivity index (χ2n) is 5.47. The van der Waals surface area contributed by atoms with Gasteiger partial charge in [0.1, 0.15) is 0 Å². The smallest absolute Gasteiger partial charge is 0.257 e. The Morgan fingerprint density at radius 3 is 2.90 bits per heavy atom. The van der Waals surface area contributed by atoms with E-state index in [0.29, 0.717) is 10.6 Å². The minimum atomic E-state index is -0.0748. The molecule has 1 unspecified atom stereocenters. The number of carbonyl (C=O) groups is 1. The van der Waals surface area contributed by atoms with Crippen molar-refractivity contribution in [2.75, 3.05) is 7.05 Å². The van der Waals surface area contributed by atoms with Crippen LogP contribution in [0, 0.1) is 6.92 Å². The highest BCUT2D eigenvalue weighted by Crippen LogP contribution is 2.35. The van der Waals surface area contributed by atoms with Crippen LogP contribution < -0.4 is 0 Å². The number of halogens is 1. The molecule has 3 nitrogen and oxygen atoms in total. The number of fused-ring (bicyclic) bond motifs is 1. The summed E-state index contributed by atoms with van der Waals surface area (Å²) in [5, 5.41) is 0.464. The Morgan fingerprint density at radius 2 is 2.14 bits per heavy atom. The van der Waals surface area contributed by atoms with E-state index in [-0.39, 0.29) is 11.9 Å². The van der Waals surface area contributed by atoms with Crippen LogP contribution >= 0.6 is 11.6 Å². The van der Waals surface area contributed by atoms with Crippen molar-refractivity contribution in [1.82, 2.24) is 9.88 Å². The van der Waals surface area contributed by atoms with Crippen molar-refractivity contribution >= 4 is 17.5 Å². The quantitative estimate of drug-likeness (QED) is 0.845. The molecule has 0 saturated carbocycles. The summed E-state index contributed by atoms with van der Waals surface area (Å²) >= 11 is 6.19. The molecule has 21 heavy (non-hydrogen) atoms. The molecule has 0 spiro atoms. The first-order chi connectivity index (χ1) is 10.1. The molecule has 0 radical (unpaired) electrons. The van der Waals surface area contributed by atoms with Gasteiger partial charge in [0.25, 0.3) is 5.91 Å². The fraction of sp³-hybridized carbons (Fsp3) is 0.294. The average molecular weight is 301 g/mol. The minimum Gasteiger partial charge on any atom is -0.335 e. The summed E-state index contributed by atoms with van der Waals surface area (Å²) in [4.78, 5) is 18.6. The van der Waals surface area contributed by atoms with Gasteiger partial charge in [0.2, 0.25) is 0 Å². The number of pyridine rings is 1. The largest absolute Gasteiger partial charge is 0.335 e. The van der Waals surface area contributed by atoms with Crippen LogP contribution in [-0.4, -0.2) is 22.8 Å². The fourth-order valence-electron chi connectivity index (χ4n) is 2.95. The predicted octanol–water partition coefficient (Wildman–Crippen LogP) is 3.80. The number of carbonyl (C=O) groups excluding carboxylic acids is 1. The lowest BCUT2D eigenvalue weighted by Gasteiger charge is -2.26. The number of rotatable bonds is 2. The molecule has 1 aliphatic rings. The predicted molar refractivity (Wildman–Crippen MR) is 83.6 cm³/mol. The van der Waals surface area contributed by atoms with Gasteiger partial charge in [-0.05, 0) is 37.0 Å². The van der Waals surface area contributed by atoms with Gasteiger partial charge in [0.15, 0.2) is 0 Å². The molecule has 108 valence electrons. The summed E-state index contributed by atoms with van der Waals surface area (Å²) in [5.74, 6) is -0.0748. The molecule has 0 fully saturated rings. The van der Waals surface area contributed by atoms with Crippen LogP contribution in [0.5, 0.6) is 0 Å². The molecule has 2 aromatic rings. The van der Waals surface area contributed by atoms with Crippen molar-refractivity contribution in [2.45, 2.75) is 25.8 Å². The molecular weight excluding hydrogens is 284 g/mol. The third-order valence-corrected chi connectivity index (χ3v) is 4.42. The molecule has 1 aliphatic carbocycles. The molecule has 1 aromatic carbocycles. The lowest BCUT2D eigenvalue weighted by molar-refractivity contribution is 0.0730. The zero-order valence-corrected chi connectivity index (χ0v) is 12.9. The molecule has 1 atom stereocenters. The van der Waals surface area contributed by atoms with E-state index < -0.39 is 0 Å². The first kappa shape index (κ1) is 14.1. The molecule has 1 heterocycles. The molecule has 1 amide bonds. The van der Waals surface area contributed by atoms with Crippen LogP contribution in [0.15, 0.2) is 36.5 Å². The summed E-state index contributed by atoms with van der Waals surface area (Å²) in [6, 6.07) is 10.1. The molecular formula is C17H17ClN2O. The Hall–Kier alpha value is -1.87. The molecule has 4 heteroatoms. The van der Waals surface area contributed by atoms with Crippen LogP contribution in [0.4, 0.5) is 0 Å². The van der Waals surface area contributed by atoms with Gasteiger partial charge in [-0.15, -0.1) is 0 Å². The summed E-state index contributed by atoms with van der Waals surface area (Å²) < 4.78 is 0. The minimum absolute atomic E-state index is 0.0748. The molecule has 0 N–H and O–H groups in total. The number of hydrogen-bond donors (Lipinski definition) is 0. The van der Waals surface area contributed by atoms with Crippen molar-refractivity contribution in [2.24, 2.45) is 0 Å². The summed E-state index contributed by atoms with van der Waals surface area (Å²) in [6.07, 6.45) is 3.54. The van der Waals surface area contributed by atoms with Crippen molar-refractivity contribution < 1.29 is 4.79 Å². The second-order valence-corrected chi connectivity index (χ2v) is 5.88. The van der Waals surface area contributed by atoms with Crippen molar-refractivity contribution in [3.8, 4) is 0 Å². The van der Waals surface area contributed by atoms with Crippen LogP contribution in [0.25, 0.3) is 0 Å². The maximum absolute atomic E-state index is 12.7. The van der Waals surface area contributed by atoms with Crippen LogP contribution in [-0.2, 0) is 6.42 Å². The van der Waals surface area contributed by atoms with E-state index in [1.165, 1.54) is 11.1 Å². The Bertz CT molecular complexity index is 699. The lowest BCUT2D eigenvalue weighted by Crippen LogP contribution is -2.30. The highest BCUT2D eigenvalue weighted by molar-refractivity contribution is 6.33. The van der Waals surface area contributed by atoms with Crippen LogP contribution in [0.1, 0.15) is 39.6 Å². The van der Waals surface area contributed by atoms with E-state index >= 15 is 0 Å². The molecule has 3 rings (SSSR count). The second kappa shape index (κ2) is 5.49. The first-order valence-electron chi connectivity index (χ1n) is 7.05. The van der Waals surface area contributed by atoms with Gasteiger partial charge in [0.05, 0.1) is 16.6 Å². The van der Waals surface area contributed by atoms with Gasteiger partial charge in [-0.25, -0.2) is 0 Å². The van der Waals surface area contributed by atoms with E-state index in [9.17, 15) is 4.79 Å². The Kier molecular flexibility index (Phi) is 3.68. The normalized spacial score (nSPS) is 16.6. The highest BCUT2D eigenvalue weighted by atomic mass is 35.5. The van der Waals surface area contributed by atoms with Gasteiger partial charge in [-0.1, -0.05) is 35.9 Å². The summed E-state index contributed by atoms with van der Waals surface area (Å²) in [7, 11) is 1.84. The number of amides is 1. The number of aryl methyl sites for hydroxylation is 2. The fourth-order valence-corrected chi connectivity index (χ4v) is 3.24. The van der Waals surface area contributed by atoms with Crippen molar-refractivity contribution in [3.63, 3.8) is 0 Å². The highest BCUT2D eigenvalue weighted by Gasteiger charge is 2.29. The summed E-state index contributed by atoms with van der Waals surface area (Å²) in [6.45, 7) is 1.86.